The molecule has 0 amide bonds. The van der Waals surface area contributed by atoms with Crippen molar-refractivity contribution in [3.63, 3.8) is 0 Å². The fraction of sp³-hybridized carbons (Fsp3) is 0. The number of hydrogen-bond donors (Lipinski definition) is 0. The van der Waals surface area contributed by atoms with Gasteiger partial charge < -0.3 is 8.98 Å². The maximum Gasteiger partial charge on any atom is 0.136 e. The average molecular weight is 617 g/mol. The molecule has 0 N–H and O–H groups in total. The van der Waals surface area contributed by atoms with E-state index in [0.29, 0.717) is 5.56 Å². The van der Waals surface area contributed by atoms with Crippen LogP contribution in [0.5, 0.6) is 0 Å². The van der Waals surface area contributed by atoms with E-state index in [1.54, 1.807) is 11.3 Å². The zero-order chi connectivity index (χ0) is 31.1. The number of nitriles is 1. The van der Waals surface area contributed by atoms with Gasteiger partial charge in [-0.1, -0.05) is 97.1 Å². The summed E-state index contributed by atoms with van der Waals surface area (Å²) in [7, 11) is 0. The third kappa shape index (κ3) is 3.85. The number of furan rings is 1. The molecule has 10 aromatic rings. The maximum absolute atomic E-state index is 10.4. The van der Waals surface area contributed by atoms with Crippen LogP contribution in [0.3, 0.4) is 0 Å². The van der Waals surface area contributed by atoms with Crippen LogP contribution in [-0.4, -0.2) is 4.57 Å². The number of fused-ring (bicyclic) bond motifs is 9. The van der Waals surface area contributed by atoms with Gasteiger partial charge in [-0.3, -0.25) is 0 Å². The van der Waals surface area contributed by atoms with Crippen molar-refractivity contribution < 1.29 is 4.42 Å². The fourth-order valence-corrected chi connectivity index (χ4v) is 8.51. The van der Waals surface area contributed by atoms with Gasteiger partial charge in [-0.25, -0.2) is 0 Å². The van der Waals surface area contributed by atoms with Gasteiger partial charge in [-0.15, -0.1) is 11.3 Å². The number of nitrogens with zero attached hydrogens (tertiary/aromatic N) is 2. The van der Waals surface area contributed by atoms with E-state index in [-0.39, 0.29) is 0 Å². The van der Waals surface area contributed by atoms with E-state index in [4.69, 9.17) is 4.42 Å². The predicted octanol–water partition coefficient (Wildman–Crippen LogP) is 12.3. The number of para-hydroxylation sites is 2. The Hall–Kier alpha value is -6.15. The smallest absolute Gasteiger partial charge is 0.136 e. The minimum Gasteiger partial charge on any atom is -0.456 e. The summed E-state index contributed by atoms with van der Waals surface area (Å²) in [5, 5.41) is 17.3. The number of hydrogen-bond acceptors (Lipinski definition) is 3. The number of rotatable bonds is 3. The Morgan fingerprint density at radius 2 is 1.17 bits per heavy atom. The number of benzene rings is 7. The first-order valence-corrected chi connectivity index (χ1v) is 16.5. The van der Waals surface area contributed by atoms with Crippen LogP contribution in [0.2, 0.25) is 0 Å². The lowest BCUT2D eigenvalue weighted by molar-refractivity contribution is 0.669. The van der Waals surface area contributed by atoms with E-state index >= 15 is 0 Å². The van der Waals surface area contributed by atoms with Gasteiger partial charge in [0.15, 0.2) is 0 Å². The van der Waals surface area contributed by atoms with Crippen molar-refractivity contribution in [1.82, 2.24) is 4.57 Å². The van der Waals surface area contributed by atoms with Gasteiger partial charge in [0.1, 0.15) is 17.2 Å². The van der Waals surface area contributed by atoms with Crippen molar-refractivity contribution >= 4 is 75.3 Å². The van der Waals surface area contributed by atoms with E-state index < -0.39 is 0 Å². The SMILES string of the molecule is N#Cc1cc(-c2ccc3c(c2)oc2ccccc23)cc2c1sc1c(-n3c4ccccc4c4ccc(-c5ccccc5)cc43)cccc12. The van der Waals surface area contributed by atoms with Crippen LogP contribution in [0, 0.1) is 11.3 Å². The highest BCUT2D eigenvalue weighted by Crippen LogP contribution is 2.44. The van der Waals surface area contributed by atoms with Crippen LogP contribution in [0.25, 0.3) is 91.9 Å². The molecule has 0 aliphatic carbocycles. The molecule has 218 valence electrons. The minimum absolute atomic E-state index is 0.683. The molecular formula is C43H24N2OS. The molecule has 0 bridgehead atoms. The summed E-state index contributed by atoms with van der Waals surface area (Å²) in [5.74, 6) is 0. The molecule has 0 fully saturated rings. The van der Waals surface area contributed by atoms with Crippen LogP contribution in [0.1, 0.15) is 5.56 Å². The Labute approximate surface area is 273 Å². The van der Waals surface area contributed by atoms with Crippen molar-refractivity contribution in [3.8, 4) is 34.0 Å². The van der Waals surface area contributed by atoms with Crippen molar-refractivity contribution in [2.24, 2.45) is 0 Å². The summed E-state index contributed by atoms with van der Waals surface area (Å²) in [4.78, 5) is 0. The molecule has 0 aliphatic rings. The second-order valence-electron chi connectivity index (χ2n) is 12.0. The van der Waals surface area contributed by atoms with Gasteiger partial charge in [-0.05, 0) is 70.8 Å². The van der Waals surface area contributed by atoms with Gasteiger partial charge in [-0.2, -0.15) is 5.26 Å². The van der Waals surface area contributed by atoms with Crippen molar-refractivity contribution in [2.45, 2.75) is 0 Å². The molecule has 0 aliphatic heterocycles. The van der Waals surface area contributed by atoms with Crippen LogP contribution in [0.4, 0.5) is 0 Å². The standard InChI is InChI=1S/C43H24N2OS/c44-25-30-21-29(28-18-20-34-33-12-5-7-16-40(33)46-41(34)24-28)22-36-35-13-8-15-38(43(35)47-42(30)36)45-37-14-6-4-11-31(37)32-19-17-27(23-39(32)45)26-9-2-1-3-10-26/h1-24H. The summed E-state index contributed by atoms with van der Waals surface area (Å²) < 4.78 is 10.8. The Kier molecular flexibility index (Phi) is 5.51. The van der Waals surface area contributed by atoms with Gasteiger partial charge >= 0.3 is 0 Å². The molecule has 3 nitrogen and oxygen atoms in total. The molecule has 0 atom stereocenters. The summed E-state index contributed by atoms with van der Waals surface area (Å²) in [6.45, 7) is 0. The minimum atomic E-state index is 0.683. The first-order valence-electron chi connectivity index (χ1n) is 15.7. The summed E-state index contributed by atoms with van der Waals surface area (Å²) >= 11 is 1.70. The fourth-order valence-electron chi connectivity index (χ4n) is 7.26. The third-order valence-corrected chi connectivity index (χ3v) is 10.7. The molecule has 7 aromatic carbocycles. The number of thiophene rings is 1. The molecule has 0 spiro atoms. The topological polar surface area (TPSA) is 41.9 Å². The number of aromatic nitrogens is 1. The molecule has 47 heavy (non-hydrogen) atoms. The molecule has 3 aromatic heterocycles. The lowest BCUT2D eigenvalue weighted by Crippen LogP contribution is -1.94. The van der Waals surface area contributed by atoms with Crippen LogP contribution < -0.4 is 0 Å². The van der Waals surface area contributed by atoms with Gasteiger partial charge in [0.25, 0.3) is 0 Å². The Balaban J connectivity index is 1.22. The summed E-state index contributed by atoms with van der Waals surface area (Å²) in [6.07, 6.45) is 0. The molecule has 0 saturated heterocycles. The highest BCUT2D eigenvalue weighted by atomic mass is 32.1. The molecule has 3 heterocycles. The molecular weight excluding hydrogens is 593 g/mol. The highest BCUT2D eigenvalue weighted by molar-refractivity contribution is 7.26. The van der Waals surface area contributed by atoms with Crippen molar-refractivity contribution in [1.29, 1.82) is 5.26 Å². The molecule has 0 saturated carbocycles. The van der Waals surface area contributed by atoms with E-state index in [1.807, 2.05) is 24.3 Å². The third-order valence-electron chi connectivity index (χ3n) is 9.43. The lowest BCUT2D eigenvalue weighted by Gasteiger charge is -2.10. The maximum atomic E-state index is 10.4. The van der Waals surface area contributed by atoms with E-state index in [9.17, 15) is 5.26 Å². The Morgan fingerprint density at radius 3 is 2.04 bits per heavy atom. The molecule has 10 rings (SSSR count). The van der Waals surface area contributed by atoms with Crippen LogP contribution >= 0.6 is 11.3 Å². The second kappa shape index (κ2) is 9.92. The average Bonchev–Trinajstić information content (AvgIpc) is 3.80. The normalized spacial score (nSPS) is 11.8. The van der Waals surface area contributed by atoms with Crippen LogP contribution in [0.15, 0.2) is 150 Å². The second-order valence-corrected chi connectivity index (χ2v) is 13.0. The van der Waals surface area contributed by atoms with E-state index in [0.717, 1.165) is 70.0 Å². The van der Waals surface area contributed by atoms with Crippen LogP contribution in [-0.2, 0) is 0 Å². The highest BCUT2D eigenvalue weighted by Gasteiger charge is 2.19. The van der Waals surface area contributed by atoms with Gasteiger partial charge in [0, 0.05) is 32.3 Å². The van der Waals surface area contributed by atoms with Crippen molar-refractivity contribution in [3.05, 3.63) is 151 Å². The van der Waals surface area contributed by atoms with E-state index in [2.05, 4.69) is 132 Å². The Morgan fingerprint density at radius 1 is 0.468 bits per heavy atom. The quantitative estimate of drug-likeness (QED) is 0.198. The van der Waals surface area contributed by atoms with Gasteiger partial charge in [0.2, 0.25) is 0 Å². The van der Waals surface area contributed by atoms with E-state index in [1.165, 1.54) is 21.9 Å². The summed E-state index contributed by atoms with van der Waals surface area (Å²) in [6, 6.07) is 53.8. The molecule has 4 heteroatoms. The zero-order valence-electron chi connectivity index (χ0n) is 25.1. The lowest BCUT2D eigenvalue weighted by atomic mass is 9.98. The first-order chi connectivity index (χ1) is 23.2. The monoisotopic (exact) mass is 616 g/mol. The molecule has 0 unspecified atom stereocenters. The van der Waals surface area contributed by atoms with Crippen molar-refractivity contribution in [2.75, 3.05) is 0 Å². The summed E-state index contributed by atoms with van der Waals surface area (Å²) in [5.41, 5.74) is 10.3. The Bertz CT molecular complexity index is 2920. The first kappa shape index (κ1) is 26.1. The van der Waals surface area contributed by atoms with Gasteiger partial charge in [0.05, 0.1) is 31.7 Å². The zero-order valence-corrected chi connectivity index (χ0v) is 25.9. The largest absolute Gasteiger partial charge is 0.456 e. The predicted molar refractivity (Wildman–Crippen MR) is 197 cm³/mol. The molecule has 0 radical (unpaired) electrons.